The summed E-state index contributed by atoms with van der Waals surface area (Å²) in [6.45, 7) is 2.24. The summed E-state index contributed by atoms with van der Waals surface area (Å²) in [4.78, 5) is 15.0. The number of fused-ring (bicyclic) bond motifs is 3. The number of anilines is 1. The van der Waals surface area contributed by atoms with Gasteiger partial charge in [-0.1, -0.05) is 36.4 Å². The van der Waals surface area contributed by atoms with Gasteiger partial charge in [0, 0.05) is 12.4 Å². The van der Waals surface area contributed by atoms with E-state index in [1.165, 1.54) is 5.56 Å². The van der Waals surface area contributed by atoms with Crippen LogP contribution >= 0.6 is 0 Å². The number of carbonyl (C=O) groups is 1. The van der Waals surface area contributed by atoms with Gasteiger partial charge in [0.1, 0.15) is 5.92 Å². The van der Waals surface area contributed by atoms with Gasteiger partial charge in [-0.05, 0) is 30.5 Å². The van der Waals surface area contributed by atoms with Crippen molar-refractivity contribution < 1.29 is 9.53 Å². The van der Waals surface area contributed by atoms with Crippen LogP contribution in [0.4, 0.5) is 5.69 Å². The number of hydrogen-bond acceptors (Lipinski definition) is 4. The molecule has 0 fully saturated rings. The highest BCUT2D eigenvalue weighted by atomic mass is 16.5. The van der Waals surface area contributed by atoms with E-state index < -0.39 is 0 Å². The van der Waals surface area contributed by atoms with Crippen molar-refractivity contribution in [2.45, 2.75) is 25.3 Å². The van der Waals surface area contributed by atoms with Gasteiger partial charge in [-0.25, -0.2) is 0 Å². The highest BCUT2D eigenvalue weighted by molar-refractivity contribution is 5.99. The summed E-state index contributed by atoms with van der Waals surface area (Å²) in [6, 6.07) is 14.3. The van der Waals surface area contributed by atoms with E-state index in [2.05, 4.69) is 34.3 Å². The number of ether oxygens (including phenoxy) is 1. The molecule has 1 aliphatic heterocycles. The van der Waals surface area contributed by atoms with Crippen molar-refractivity contribution in [3.63, 3.8) is 0 Å². The smallest absolute Gasteiger partial charge is 0.315 e. The Balaban J connectivity index is 1.80. The summed E-state index contributed by atoms with van der Waals surface area (Å²) in [7, 11) is 2.05. The maximum absolute atomic E-state index is 12.8. The first-order chi connectivity index (χ1) is 12.2. The van der Waals surface area contributed by atoms with E-state index in [-0.39, 0.29) is 17.9 Å². The first-order valence-corrected chi connectivity index (χ1v) is 8.60. The Morgan fingerprint density at radius 1 is 1.24 bits per heavy atom. The molecule has 1 aromatic heterocycles. The van der Waals surface area contributed by atoms with E-state index in [0.29, 0.717) is 6.61 Å². The number of rotatable bonds is 4. The van der Waals surface area contributed by atoms with Crippen molar-refractivity contribution in [2.75, 3.05) is 18.6 Å². The van der Waals surface area contributed by atoms with Crippen LogP contribution in [-0.2, 0) is 16.0 Å². The number of benzene rings is 2. The Morgan fingerprint density at radius 3 is 2.80 bits per heavy atom. The van der Waals surface area contributed by atoms with Gasteiger partial charge in [-0.3, -0.25) is 9.89 Å². The fourth-order valence-electron chi connectivity index (χ4n) is 3.89. The molecular formula is C20H21N3O2. The van der Waals surface area contributed by atoms with E-state index in [4.69, 9.17) is 4.74 Å². The summed E-state index contributed by atoms with van der Waals surface area (Å²) in [5.74, 6) is -0.448. The summed E-state index contributed by atoms with van der Waals surface area (Å²) in [5, 5.41) is 8.22. The lowest BCUT2D eigenvalue weighted by molar-refractivity contribution is -0.145. The molecule has 2 aromatic carbocycles. The molecular weight excluding hydrogens is 314 g/mol. The molecule has 0 radical (unpaired) electrons. The van der Waals surface area contributed by atoms with Gasteiger partial charge in [0.15, 0.2) is 0 Å². The van der Waals surface area contributed by atoms with Crippen molar-refractivity contribution in [3.8, 4) is 0 Å². The fourth-order valence-corrected chi connectivity index (χ4v) is 3.89. The molecule has 5 nitrogen and oxygen atoms in total. The second-order valence-electron chi connectivity index (χ2n) is 6.43. The zero-order valence-corrected chi connectivity index (χ0v) is 14.4. The molecule has 0 saturated heterocycles. The van der Waals surface area contributed by atoms with Crippen molar-refractivity contribution in [1.29, 1.82) is 0 Å². The van der Waals surface area contributed by atoms with Crippen LogP contribution in [0.1, 0.15) is 24.0 Å². The molecule has 3 aromatic rings. The second kappa shape index (κ2) is 6.24. The van der Waals surface area contributed by atoms with Crippen LogP contribution in [0.25, 0.3) is 10.9 Å². The Morgan fingerprint density at radius 2 is 2.04 bits per heavy atom. The van der Waals surface area contributed by atoms with Gasteiger partial charge in [-0.15, -0.1) is 0 Å². The van der Waals surface area contributed by atoms with Gasteiger partial charge < -0.3 is 9.64 Å². The van der Waals surface area contributed by atoms with E-state index >= 15 is 0 Å². The molecule has 2 atom stereocenters. The van der Waals surface area contributed by atoms with Gasteiger partial charge in [-0.2, -0.15) is 5.10 Å². The molecule has 4 rings (SSSR count). The van der Waals surface area contributed by atoms with Crippen LogP contribution in [0.2, 0.25) is 0 Å². The van der Waals surface area contributed by atoms with E-state index in [9.17, 15) is 4.79 Å². The number of likely N-dealkylation sites (N-methyl/N-ethyl adjacent to an activating group) is 1. The van der Waals surface area contributed by atoms with E-state index in [1.54, 1.807) is 0 Å². The number of H-pyrrole nitrogens is 1. The van der Waals surface area contributed by atoms with Crippen LogP contribution in [-0.4, -0.2) is 35.9 Å². The lowest BCUT2D eigenvalue weighted by Gasteiger charge is -2.26. The lowest BCUT2D eigenvalue weighted by Crippen LogP contribution is -2.36. The molecule has 1 N–H and O–H groups in total. The highest BCUT2D eigenvalue weighted by Gasteiger charge is 2.43. The summed E-state index contributed by atoms with van der Waals surface area (Å²) in [6.07, 6.45) is 2.62. The first kappa shape index (κ1) is 15.7. The number of nitrogens with one attached hydrogen (secondary N) is 1. The minimum absolute atomic E-state index is 0.0250. The number of aromatic amines is 1. The fraction of sp³-hybridized carbons (Fsp3) is 0.300. The predicted molar refractivity (Wildman–Crippen MR) is 97.8 cm³/mol. The third-order valence-corrected chi connectivity index (χ3v) is 5.03. The lowest BCUT2D eigenvalue weighted by atomic mass is 9.90. The molecule has 5 heteroatoms. The molecule has 2 unspecified atom stereocenters. The molecule has 0 bridgehead atoms. The average Bonchev–Trinajstić information content (AvgIpc) is 3.19. The van der Waals surface area contributed by atoms with Crippen molar-refractivity contribution in [2.24, 2.45) is 0 Å². The first-order valence-electron chi connectivity index (χ1n) is 8.60. The molecule has 1 aliphatic rings. The Labute approximate surface area is 146 Å². The van der Waals surface area contributed by atoms with Crippen LogP contribution in [0, 0.1) is 0 Å². The maximum atomic E-state index is 12.8. The van der Waals surface area contributed by atoms with Crippen molar-refractivity contribution >= 4 is 22.6 Å². The highest BCUT2D eigenvalue weighted by Crippen LogP contribution is 2.45. The summed E-state index contributed by atoms with van der Waals surface area (Å²) >= 11 is 0. The quantitative estimate of drug-likeness (QED) is 0.744. The van der Waals surface area contributed by atoms with Crippen molar-refractivity contribution in [1.82, 2.24) is 10.2 Å². The van der Waals surface area contributed by atoms with Crippen LogP contribution in [0.5, 0.6) is 0 Å². The third kappa shape index (κ3) is 2.56. The minimum Gasteiger partial charge on any atom is -0.465 e. The minimum atomic E-state index is -0.292. The standard InChI is InChI=1S/C20H21N3O2/c1-3-25-20(24)18-14-9-10-16-15(12-21-22-16)19(14)23(2)17(18)11-13-7-5-4-6-8-13/h4-10,12,17-18H,3,11H2,1-2H3,(H,21,22). The number of hydrogen-bond donors (Lipinski definition) is 1. The molecule has 0 amide bonds. The third-order valence-electron chi connectivity index (χ3n) is 5.03. The van der Waals surface area contributed by atoms with Gasteiger partial charge in [0.05, 0.1) is 30.0 Å². The summed E-state index contributed by atoms with van der Waals surface area (Å²) < 4.78 is 5.40. The number of nitrogens with zero attached hydrogens (tertiary/aromatic N) is 2. The molecule has 2 heterocycles. The Kier molecular flexibility index (Phi) is 3.92. The van der Waals surface area contributed by atoms with Gasteiger partial charge >= 0.3 is 5.97 Å². The average molecular weight is 335 g/mol. The second-order valence-corrected chi connectivity index (χ2v) is 6.43. The molecule has 0 aliphatic carbocycles. The topological polar surface area (TPSA) is 58.2 Å². The molecule has 25 heavy (non-hydrogen) atoms. The maximum Gasteiger partial charge on any atom is 0.315 e. The zero-order valence-electron chi connectivity index (χ0n) is 14.4. The normalized spacial score (nSPS) is 19.2. The number of esters is 1. The van der Waals surface area contributed by atoms with Crippen LogP contribution in [0.3, 0.4) is 0 Å². The Hall–Kier alpha value is -2.82. The predicted octanol–water partition coefficient (Wildman–Crippen LogP) is 3.27. The van der Waals surface area contributed by atoms with E-state index in [0.717, 1.165) is 28.6 Å². The van der Waals surface area contributed by atoms with Gasteiger partial charge in [0.25, 0.3) is 0 Å². The molecule has 0 spiro atoms. The molecule has 0 saturated carbocycles. The monoisotopic (exact) mass is 335 g/mol. The number of carbonyl (C=O) groups excluding carboxylic acids is 1. The van der Waals surface area contributed by atoms with Crippen LogP contribution in [0.15, 0.2) is 48.7 Å². The van der Waals surface area contributed by atoms with Crippen LogP contribution < -0.4 is 4.90 Å². The largest absolute Gasteiger partial charge is 0.465 e. The number of aromatic nitrogens is 2. The molecule has 128 valence electrons. The zero-order chi connectivity index (χ0) is 17.4. The SMILES string of the molecule is CCOC(=O)C1c2ccc3[nH]ncc3c2N(C)C1Cc1ccccc1. The van der Waals surface area contributed by atoms with Gasteiger partial charge in [0.2, 0.25) is 0 Å². The van der Waals surface area contributed by atoms with Crippen molar-refractivity contribution in [3.05, 3.63) is 59.8 Å². The summed E-state index contributed by atoms with van der Waals surface area (Å²) in [5.41, 5.74) is 4.29. The van der Waals surface area contributed by atoms with E-state index in [1.807, 2.05) is 43.5 Å². The Bertz CT molecular complexity index is 904.